The van der Waals surface area contributed by atoms with Crippen molar-refractivity contribution in [3.63, 3.8) is 0 Å². The minimum atomic E-state index is -0.814. The Morgan fingerprint density at radius 2 is 1.75 bits per heavy atom. The second kappa shape index (κ2) is 6.53. The highest BCUT2D eigenvalue weighted by molar-refractivity contribution is 5.30. The standard InChI is InChI=1S/C17H19FO2/c1-3-13-4-6-14(7-5-13)11-20-15-8-9-16(12(2)19)17(18)10-15/h4-10,12,19H,3,11H2,1-2H3. The molecule has 1 unspecified atom stereocenters. The number of rotatable bonds is 5. The lowest BCUT2D eigenvalue weighted by Crippen LogP contribution is -1.99. The topological polar surface area (TPSA) is 29.5 Å². The predicted octanol–water partition coefficient (Wildman–Crippen LogP) is 4.02. The van der Waals surface area contributed by atoms with E-state index in [9.17, 15) is 9.50 Å². The minimum absolute atomic E-state index is 0.282. The van der Waals surface area contributed by atoms with E-state index in [0.717, 1.165) is 12.0 Å². The highest BCUT2D eigenvalue weighted by atomic mass is 19.1. The second-order valence-corrected chi connectivity index (χ2v) is 4.82. The van der Waals surface area contributed by atoms with Crippen molar-refractivity contribution >= 4 is 0 Å². The zero-order valence-corrected chi connectivity index (χ0v) is 11.8. The lowest BCUT2D eigenvalue weighted by atomic mass is 10.1. The SMILES string of the molecule is CCc1ccc(COc2ccc(C(C)O)c(F)c2)cc1. The van der Waals surface area contributed by atoms with Crippen LogP contribution in [0.2, 0.25) is 0 Å². The van der Waals surface area contributed by atoms with Crippen LogP contribution in [0.1, 0.15) is 36.6 Å². The molecule has 0 aliphatic carbocycles. The van der Waals surface area contributed by atoms with Gasteiger partial charge in [0.2, 0.25) is 0 Å². The van der Waals surface area contributed by atoms with Crippen molar-refractivity contribution < 1.29 is 14.2 Å². The van der Waals surface area contributed by atoms with E-state index in [4.69, 9.17) is 4.74 Å². The molecule has 0 radical (unpaired) electrons. The van der Waals surface area contributed by atoms with Crippen LogP contribution in [-0.4, -0.2) is 5.11 Å². The maximum Gasteiger partial charge on any atom is 0.132 e. The van der Waals surface area contributed by atoms with Gasteiger partial charge >= 0.3 is 0 Å². The number of aliphatic hydroxyl groups excluding tert-OH is 1. The van der Waals surface area contributed by atoms with Crippen LogP contribution in [0, 0.1) is 5.82 Å². The van der Waals surface area contributed by atoms with Gasteiger partial charge in [-0.15, -0.1) is 0 Å². The van der Waals surface area contributed by atoms with Gasteiger partial charge in [0.05, 0.1) is 6.10 Å². The lowest BCUT2D eigenvalue weighted by molar-refractivity contribution is 0.194. The van der Waals surface area contributed by atoms with Crippen LogP contribution in [0.25, 0.3) is 0 Å². The molecule has 0 spiro atoms. The van der Waals surface area contributed by atoms with E-state index < -0.39 is 11.9 Å². The minimum Gasteiger partial charge on any atom is -0.489 e. The van der Waals surface area contributed by atoms with Crippen molar-refractivity contribution in [2.75, 3.05) is 0 Å². The molecule has 1 N–H and O–H groups in total. The lowest BCUT2D eigenvalue weighted by Gasteiger charge is -2.10. The molecule has 3 heteroatoms. The van der Waals surface area contributed by atoms with E-state index in [1.165, 1.54) is 18.6 Å². The van der Waals surface area contributed by atoms with Gasteiger partial charge in [0.25, 0.3) is 0 Å². The molecule has 0 bridgehead atoms. The Hall–Kier alpha value is -1.87. The summed E-state index contributed by atoms with van der Waals surface area (Å²) in [5.74, 6) is 0.0188. The first-order valence-corrected chi connectivity index (χ1v) is 6.78. The van der Waals surface area contributed by atoms with Crippen LogP contribution in [0.4, 0.5) is 4.39 Å². The second-order valence-electron chi connectivity index (χ2n) is 4.82. The maximum atomic E-state index is 13.7. The Labute approximate surface area is 118 Å². The zero-order valence-electron chi connectivity index (χ0n) is 11.8. The van der Waals surface area contributed by atoms with Gasteiger partial charge in [-0.25, -0.2) is 4.39 Å². The molecule has 0 aromatic heterocycles. The van der Waals surface area contributed by atoms with Gasteiger partial charge < -0.3 is 9.84 Å². The van der Waals surface area contributed by atoms with Crippen molar-refractivity contribution in [3.05, 3.63) is 65.0 Å². The van der Waals surface area contributed by atoms with Gasteiger partial charge in [-0.2, -0.15) is 0 Å². The van der Waals surface area contributed by atoms with E-state index in [0.29, 0.717) is 12.4 Å². The first-order valence-electron chi connectivity index (χ1n) is 6.78. The number of benzene rings is 2. The normalized spacial score (nSPS) is 12.2. The number of halogens is 1. The number of aliphatic hydroxyl groups is 1. The van der Waals surface area contributed by atoms with Gasteiger partial charge in [0.1, 0.15) is 18.2 Å². The highest BCUT2D eigenvalue weighted by Crippen LogP contribution is 2.22. The van der Waals surface area contributed by atoms with Gasteiger partial charge in [-0.05, 0) is 36.6 Å². The predicted molar refractivity (Wildman–Crippen MR) is 77.2 cm³/mol. The molecule has 0 fully saturated rings. The summed E-state index contributed by atoms with van der Waals surface area (Å²) in [6, 6.07) is 12.7. The van der Waals surface area contributed by atoms with Crippen molar-refractivity contribution in [2.24, 2.45) is 0 Å². The van der Waals surface area contributed by atoms with Gasteiger partial charge in [-0.1, -0.05) is 31.2 Å². The largest absolute Gasteiger partial charge is 0.489 e. The molecule has 0 saturated carbocycles. The molecule has 2 aromatic carbocycles. The maximum absolute atomic E-state index is 13.7. The van der Waals surface area contributed by atoms with Gasteiger partial charge in [0, 0.05) is 11.6 Å². The monoisotopic (exact) mass is 274 g/mol. The Kier molecular flexibility index (Phi) is 4.74. The quantitative estimate of drug-likeness (QED) is 0.892. The Morgan fingerprint density at radius 3 is 2.30 bits per heavy atom. The Balaban J connectivity index is 2.01. The van der Waals surface area contributed by atoms with Crippen LogP contribution < -0.4 is 4.74 Å². The molecule has 2 aromatic rings. The zero-order chi connectivity index (χ0) is 14.5. The molecule has 0 aliphatic rings. The summed E-state index contributed by atoms with van der Waals surface area (Å²) in [5, 5.41) is 9.37. The van der Waals surface area contributed by atoms with E-state index >= 15 is 0 Å². The average molecular weight is 274 g/mol. The van der Waals surface area contributed by atoms with Crippen LogP contribution in [0.15, 0.2) is 42.5 Å². The molecule has 0 heterocycles. The highest BCUT2D eigenvalue weighted by Gasteiger charge is 2.09. The van der Waals surface area contributed by atoms with Crippen molar-refractivity contribution in [2.45, 2.75) is 33.0 Å². The summed E-state index contributed by atoms with van der Waals surface area (Å²) in [6.45, 7) is 4.05. The van der Waals surface area contributed by atoms with Gasteiger partial charge in [0.15, 0.2) is 0 Å². The molecule has 20 heavy (non-hydrogen) atoms. The van der Waals surface area contributed by atoms with Crippen LogP contribution in [0.3, 0.4) is 0 Å². The third-order valence-electron chi connectivity index (χ3n) is 3.26. The van der Waals surface area contributed by atoms with Crippen molar-refractivity contribution in [1.29, 1.82) is 0 Å². The molecular formula is C17H19FO2. The molecule has 0 aliphatic heterocycles. The summed E-state index contributed by atoms with van der Waals surface area (Å²) in [4.78, 5) is 0. The number of hydrogen-bond donors (Lipinski definition) is 1. The number of aryl methyl sites for hydroxylation is 1. The fraction of sp³-hybridized carbons (Fsp3) is 0.294. The Bertz CT molecular complexity index is 562. The first-order chi connectivity index (χ1) is 9.60. The molecule has 0 saturated heterocycles. The van der Waals surface area contributed by atoms with E-state index in [1.807, 2.05) is 12.1 Å². The smallest absolute Gasteiger partial charge is 0.132 e. The molecule has 2 rings (SSSR count). The molecule has 0 amide bonds. The summed E-state index contributed by atoms with van der Waals surface area (Å²) in [5.41, 5.74) is 2.60. The Morgan fingerprint density at radius 1 is 1.10 bits per heavy atom. The molecule has 106 valence electrons. The van der Waals surface area contributed by atoms with Crippen molar-refractivity contribution in [3.8, 4) is 5.75 Å². The summed E-state index contributed by atoms with van der Waals surface area (Å²) < 4.78 is 19.2. The van der Waals surface area contributed by atoms with Crippen molar-refractivity contribution in [1.82, 2.24) is 0 Å². The fourth-order valence-corrected chi connectivity index (χ4v) is 1.97. The van der Waals surface area contributed by atoms with Crippen LogP contribution in [0.5, 0.6) is 5.75 Å². The average Bonchev–Trinajstić information content (AvgIpc) is 2.45. The molecular weight excluding hydrogens is 255 g/mol. The third kappa shape index (κ3) is 3.58. The fourth-order valence-electron chi connectivity index (χ4n) is 1.97. The van der Waals surface area contributed by atoms with Gasteiger partial charge in [-0.3, -0.25) is 0 Å². The third-order valence-corrected chi connectivity index (χ3v) is 3.26. The summed E-state index contributed by atoms with van der Waals surface area (Å²) in [7, 11) is 0. The molecule has 2 nitrogen and oxygen atoms in total. The molecule has 1 atom stereocenters. The number of hydrogen-bond acceptors (Lipinski definition) is 2. The van der Waals surface area contributed by atoms with E-state index in [2.05, 4.69) is 19.1 Å². The van der Waals surface area contributed by atoms with Crippen LogP contribution in [-0.2, 0) is 13.0 Å². The summed E-state index contributed by atoms with van der Waals surface area (Å²) in [6.07, 6.45) is 0.193. The summed E-state index contributed by atoms with van der Waals surface area (Å²) >= 11 is 0. The number of ether oxygens (including phenoxy) is 1. The first kappa shape index (κ1) is 14.5. The van der Waals surface area contributed by atoms with E-state index in [1.54, 1.807) is 12.1 Å². The van der Waals surface area contributed by atoms with Crippen LogP contribution >= 0.6 is 0 Å². The van der Waals surface area contributed by atoms with E-state index in [-0.39, 0.29) is 5.56 Å².